The Balaban J connectivity index is 1.57. The number of phenolic OH excluding ortho intramolecular Hbond substituents is 1. The second kappa shape index (κ2) is 6.32. The van der Waals surface area contributed by atoms with E-state index in [0.717, 1.165) is 10.9 Å². The number of aromatic hydroxyl groups is 1. The summed E-state index contributed by atoms with van der Waals surface area (Å²) in [5.74, 6) is 0.306. The summed E-state index contributed by atoms with van der Waals surface area (Å²) in [6.45, 7) is 0. The van der Waals surface area contributed by atoms with Gasteiger partial charge in [-0.2, -0.15) is 5.10 Å². The van der Waals surface area contributed by atoms with Crippen LogP contribution in [0.2, 0.25) is 0 Å². The zero-order valence-corrected chi connectivity index (χ0v) is 13.3. The van der Waals surface area contributed by atoms with Crippen LogP contribution in [0, 0.1) is 5.92 Å². The molecule has 2 N–H and O–H groups in total. The van der Waals surface area contributed by atoms with Gasteiger partial charge < -0.3 is 5.11 Å². The van der Waals surface area contributed by atoms with E-state index in [1.54, 1.807) is 18.2 Å². The van der Waals surface area contributed by atoms with Crippen LogP contribution in [-0.2, 0) is 4.79 Å². The molecule has 22 heavy (non-hydrogen) atoms. The average molecular weight is 359 g/mol. The van der Waals surface area contributed by atoms with Crippen LogP contribution in [0.1, 0.15) is 23.5 Å². The van der Waals surface area contributed by atoms with Crippen LogP contribution < -0.4 is 5.43 Å². The molecule has 112 valence electrons. The van der Waals surface area contributed by atoms with Crippen molar-refractivity contribution in [1.29, 1.82) is 0 Å². The van der Waals surface area contributed by atoms with E-state index >= 15 is 0 Å². The van der Waals surface area contributed by atoms with Gasteiger partial charge in [0.1, 0.15) is 5.75 Å². The van der Waals surface area contributed by atoms with Crippen molar-refractivity contribution in [2.45, 2.75) is 12.3 Å². The number of carbonyl (C=O) groups excluding carboxylic acids is 1. The van der Waals surface area contributed by atoms with E-state index in [-0.39, 0.29) is 23.5 Å². The summed E-state index contributed by atoms with van der Waals surface area (Å²) in [6.07, 6.45) is 2.30. The lowest BCUT2D eigenvalue weighted by atomic mass is 10.1. The quantitative estimate of drug-likeness (QED) is 0.649. The number of nitrogens with one attached hydrogen (secondary N) is 1. The predicted molar refractivity (Wildman–Crippen MR) is 88.8 cm³/mol. The molecule has 5 heteroatoms. The second-order valence-electron chi connectivity index (χ2n) is 5.30. The van der Waals surface area contributed by atoms with Gasteiger partial charge in [-0.1, -0.05) is 46.3 Å². The number of benzene rings is 2. The molecule has 0 aromatic heterocycles. The molecule has 0 heterocycles. The molecule has 4 nitrogen and oxygen atoms in total. The molecule has 0 aliphatic heterocycles. The van der Waals surface area contributed by atoms with Gasteiger partial charge >= 0.3 is 0 Å². The molecule has 0 radical (unpaired) electrons. The first kappa shape index (κ1) is 14.8. The number of hydrogen-bond acceptors (Lipinski definition) is 3. The zero-order valence-electron chi connectivity index (χ0n) is 11.7. The first-order valence-electron chi connectivity index (χ1n) is 7.01. The highest BCUT2D eigenvalue weighted by molar-refractivity contribution is 9.10. The Kier molecular flexibility index (Phi) is 4.24. The molecule has 1 fully saturated rings. The van der Waals surface area contributed by atoms with E-state index in [1.165, 1.54) is 11.8 Å². The number of hydrazone groups is 1. The molecular formula is C17H15BrN2O2. The largest absolute Gasteiger partial charge is 0.507 e. The maximum absolute atomic E-state index is 12.0. The van der Waals surface area contributed by atoms with Crippen molar-refractivity contribution < 1.29 is 9.90 Å². The highest BCUT2D eigenvalue weighted by Gasteiger charge is 2.43. The third-order valence-electron chi connectivity index (χ3n) is 3.72. The molecule has 0 bridgehead atoms. The molecule has 0 unspecified atom stereocenters. The molecule has 0 saturated heterocycles. The SMILES string of the molecule is O=C(N/N=C\c1cc(Br)ccc1O)[C@H]1C[C@@H]1c1ccccc1. The van der Waals surface area contributed by atoms with Crippen molar-refractivity contribution in [3.8, 4) is 5.75 Å². The fourth-order valence-electron chi connectivity index (χ4n) is 2.43. The summed E-state index contributed by atoms with van der Waals surface area (Å²) in [6, 6.07) is 15.1. The van der Waals surface area contributed by atoms with Crippen LogP contribution in [0.25, 0.3) is 0 Å². The van der Waals surface area contributed by atoms with Crippen molar-refractivity contribution >= 4 is 28.1 Å². The lowest BCUT2D eigenvalue weighted by molar-refractivity contribution is -0.122. The van der Waals surface area contributed by atoms with Gasteiger partial charge in [-0.25, -0.2) is 5.43 Å². The average Bonchev–Trinajstić information content (AvgIpc) is 3.32. The predicted octanol–water partition coefficient (Wildman–Crippen LogP) is 3.41. The number of phenols is 1. The molecular weight excluding hydrogens is 344 g/mol. The Morgan fingerprint density at radius 3 is 2.82 bits per heavy atom. The van der Waals surface area contributed by atoms with Crippen LogP contribution in [0.4, 0.5) is 0 Å². The van der Waals surface area contributed by atoms with E-state index in [1.807, 2.05) is 30.3 Å². The maximum atomic E-state index is 12.0. The Labute approximate surface area is 137 Å². The van der Waals surface area contributed by atoms with Crippen molar-refractivity contribution in [3.63, 3.8) is 0 Å². The van der Waals surface area contributed by atoms with Gasteiger partial charge in [-0.3, -0.25) is 4.79 Å². The van der Waals surface area contributed by atoms with Crippen LogP contribution in [0.15, 0.2) is 58.1 Å². The number of carbonyl (C=O) groups is 1. The summed E-state index contributed by atoms with van der Waals surface area (Å²) in [5, 5.41) is 13.6. The molecule has 2 aromatic carbocycles. The minimum absolute atomic E-state index is 0.0179. The molecule has 0 spiro atoms. The summed E-state index contributed by atoms with van der Waals surface area (Å²) < 4.78 is 0.837. The highest BCUT2D eigenvalue weighted by atomic mass is 79.9. The molecule has 1 saturated carbocycles. The lowest BCUT2D eigenvalue weighted by Gasteiger charge is -2.01. The molecule has 2 atom stereocenters. The van der Waals surface area contributed by atoms with Gasteiger partial charge in [-0.05, 0) is 36.1 Å². The van der Waals surface area contributed by atoms with E-state index in [0.29, 0.717) is 5.56 Å². The Morgan fingerprint density at radius 1 is 1.27 bits per heavy atom. The van der Waals surface area contributed by atoms with Crippen molar-refractivity contribution in [2.75, 3.05) is 0 Å². The molecule has 1 aliphatic carbocycles. The van der Waals surface area contributed by atoms with Crippen LogP contribution >= 0.6 is 15.9 Å². The molecule has 3 rings (SSSR count). The van der Waals surface area contributed by atoms with Gasteiger partial charge in [0, 0.05) is 16.0 Å². The first-order valence-corrected chi connectivity index (χ1v) is 7.81. The maximum Gasteiger partial charge on any atom is 0.243 e. The first-order chi connectivity index (χ1) is 10.6. The van der Waals surface area contributed by atoms with Gasteiger partial charge in [0.05, 0.1) is 6.21 Å². The Morgan fingerprint density at radius 2 is 2.05 bits per heavy atom. The number of hydrogen-bond donors (Lipinski definition) is 2. The third-order valence-corrected chi connectivity index (χ3v) is 4.22. The topological polar surface area (TPSA) is 61.7 Å². The summed E-state index contributed by atoms with van der Waals surface area (Å²) in [7, 11) is 0. The Hall–Kier alpha value is -2.14. The zero-order chi connectivity index (χ0) is 15.5. The summed E-state index contributed by atoms with van der Waals surface area (Å²) in [4.78, 5) is 12.0. The minimum atomic E-state index is -0.0837. The number of halogens is 1. The fourth-order valence-corrected chi connectivity index (χ4v) is 2.81. The number of nitrogens with zero attached hydrogens (tertiary/aromatic N) is 1. The normalized spacial score (nSPS) is 20.0. The standard InChI is InChI=1S/C17H15BrN2O2/c18-13-6-7-16(21)12(8-13)10-19-20-17(22)15-9-14(15)11-4-2-1-3-5-11/h1-8,10,14-15,21H,9H2,(H,20,22)/b19-10-/t14-,15+/m1/s1. The van der Waals surface area contributed by atoms with Crippen molar-refractivity contribution in [3.05, 3.63) is 64.1 Å². The Bertz CT molecular complexity index is 716. The number of rotatable bonds is 4. The van der Waals surface area contributed by atoms with Crippen LogP contribution in [-0.4, -0.2) is 17.2 Å². The second-order valence-corrected chi connectivity index (χ2v) is 6.21. The number of amides is 1. The minimum Gasteiger partial charge on any atom is -0.507 e. The van der Waals surface area contributed by atoms with Crippen LogP contribution in [0.3, 0.4) is 0 Å². The smallest absolute Gasteiger partial charge is 0.243 e. The fraction of sp³-hybridized carbons (Fsp3) is 0.176. The molecule has 1 aliphatic rings. The molecule has 1 amide bonds. The van der Waals surface area contributed by atoms with Gasteiger partial charge in [0.2, 0.25) is 5.91 Å². The van der Waals surface area contributed by atoms with Gasteiger partial charge in [0.25, 0.3) is 0 Å². The van der Waals surface area contributed by atoms with Gasteiger partial charge in [0.15, 0.2) is 0 Å². The van der Waals surface area contributed by atoms with E-state index in [4.69, 9.17) is 0 Å². The molecule has 2 aromatic rings. The lowest BCUT2D eigenvalue weighted by Crippen LogP contribution is -2.20. The highest BCUT2D eigenvalue weighted by Crippen LogP contribution is 2.47. The van der Waals surface area contributed by atoms with E-state index in [2.05, 4.69) is 26.5 Å². The third kappa shape index (κ3) is 3.36. The van der Waals surface area contributed by atoms with Crippen molar-refractivity contribution in [2.24, 2.45) is 11.0 Å². The summed E-state index contributed by atoms with van der Waals surface area (Å²) in [5.41, 5.74) is 4.28. The van der Waals surface area contributed by atoms with Crippen molar-refractivity contribution in [1.82, 2.24) is 5.43 Å². The van der Waals surface area contributed by atoms with E-state index in [9.17, 15) is 9.90 Å². The van der Waals surface area contributed by atoms with Gasteiger partial charge in [-0.15, -0.1) is 0 Å². The van der Waals surface area contributed by atoms with Crippen LogP contribution in [0.5, 0.6) is 5.75 Å². The summed E-state index contributed by atoms with van der Waals surface area (Å²) >= 11 is 3.32. The van der Waals surface area contributed by atoms with E-state index < -0.39 is 0 Å². The monoisotopic (exact) mass is 358 g/mol.